The van der Waals surface area contributed by atoms with Crippen molar-refractivity contribution in [3.8, 4) is 0 Å². The van der Waals surface area contributed by atoms with Crippen molar-refractivity contribution < 1.29 is 9.18 Å². The van der Waals surface area contributed by atoms with Gasteiger partial charge in [0.15, 0.2) is 0 Å². The van der Waals surface area contributed by atoms with E-state index in [1.54, 1.807) is 6.07 Å². The van der Waals surface area contributed by atoms with Crippen LogP contribution in [0.3, 0.4) is 0 Å². The average Bonchev–Trinajstić information content (AvgIpc) is 3.23. The zero-order valence-corrected chi connectivity index (χ0v) is 15.6. The van der Waals surface area contributed by atoms with E-state index in [0.717, 1.165) is 58.5 Å². The van der Waals surface area contributed by atoms with Crippen LogP contribution in [0.25, 0.3) is 0 Å². The number of benzene rings is 1. The lowest BCUT2D eigenvalue weighted by atomic mass is 9.99. The molecule has 5 heteroatoms. The number of halogens is 1. The first-order chi connectivity index (χ1) is 12.7. The number of piperidine rings is 1. The summed E-state index contributed by atoms with van der Waals surface area (Å²) in [5, 5.41) is 0. The van der Waals surface area contributed by atoms with Gasteiger partial charge < -0.3 is 9.80 Å². The lowest BCUT2D eigenvalue weighted by molar-refractivity contribution is -0.137. The van der Waals surface area contributed by atoms with Crippen molar-refractivity contribution in [3.63, 3.8) is 0 Å². The summed E-state index contributed by atoms with van der Waals surface area (Å²) < 4.78 is 14.0. The molecular formula is C21H30FN3O. The van der Waals surface area contributed by atoms with Gasteiger partial charge in [0.2, 0.25) is 5.91 Å². The number of amides is 1. The zero-order chi connectivity index (χ0) is 17.9. The molecule has 1 amide bonds. The summed E-state index contributed by atoms with van der Waals surface area (Å²) in [6.07, 6.45) is 6.88. The molecule has 0 aromatic heterocycles. The van der Waals surface area contributed by atoms with E-state index in [0.29, 0.717) is 17.6 Å². The van der Waals surface area contributed by atoms with Gasteiger partial charge in [0, 0.05) is 51.2 Å². The normalized spacial score (nSPS) is 25.7. The first-order valence-electron chi connectivity index (χ1n) is 10.2. The lowest BCUT2D eigenvalue weighted by Crippen LogP contribution is -2.56. The highest BCUT2D eigenvalue weighted by atomic mass is 19.1. The van der Waals surface area contributed by atoms with Crippen LogP contribution in [-0.4, -0.2) is 61.0 Å². The predicted molar refractivity (Wildman–Crippen MR) is 102 cm³/mol. The van der Waals surface area contributed by atoms with E-state index >= 15 is 0 Å². The van der Waals surface area contributed by atoms with E-state index < -0.39 is 0 Å². The van der Waals surface area contributed by atoms with E-state index in [9.17, 15) is 9.18 Å². The Morgan fingerprint density at radius 2 is 1.65 bits per heavy atom. The summed E-state index contributed by atoms with van der Waals surface area (Å²) in [5.41, 5.74) is 0.717. The Morgan fingerprint density at radius 3 is 2.38 bits per heavy atom. The van der Waals surface area contributed by atoms with Crippen LogP contribution < -0.4 is 4.90 Å². The quantitative estimate of drug-likeness (QED) is 0.830. The van der Waals surface area contributed by atoms with Crippen molar-refractivity contribution >= 4 is 11.6 Å². The largest absolute Gasteiger partial charge is 0.367 e. The molecule has 4 rings (SSSR count). The summed E-state index contributed by atoms with van der Waals surface area (Å²) in [6, 6.07) is 7.52. The van der Waals surface area contributed by atoms with Crippen LogP contribution in [0, 0.1) is 11.7 Å². The fourth-order valence-electron chi connectivity index (χ4n) is 4.92. The molecule has 3 fully saturated rings. The van der Waals surface area contributed by atoms with Crippen LogP contribution in [0.5, 0.6) is 0 Å². The summed E-state index contributed by atoms with van der Waals surface area (Å²) in [6.45, 7) is 5.42. The van der Waals surface area contributed by atoms with Gasteiger partial charge in [0.25, 0.3) is 0 Å². The molecular weight excluding hydrogens is 329 g/mol. The number of hydrogen-bond acceptors (Lipinski definition) is 3. The van der Waals surface area contributed by atoms with Crippen molar-refractivity contribution in [3.05, 3.63) is 30.1 Å². The van der Waals surface area contributed by atoms with Crippen molar-refractivity contribution in [1.82, 2.24) is 9.80 Å². The number of piperazine rings is 1. The van der Waals surface area contributed by atoms with Crippen LogP contribution in [0.15, 0.2) is 24.3 Å². The third kappa shape index (κ3) is 3.73. The molecule has 0 spiro atoms. The van der Waals surface area contributed by atoms with Gasteiger partial charge in [0.05, 0.1) is 5.69 Å². The Hall–Kier alpha value is -1.62. The molecule has 3 aliphatic rings. The number of likely N-dealkylation sites (tertiary alicyclic amines) is 1. The van der Waals surface area contributed by atoms with Crippen LogP contribution in [0.4, 0.5) is 10.1 Å². The minimum Gasteiger partial charge on any atom is -0.367 e. The monoisotopic (exact) mass is 359 g/mol. The van der Waals surface area contributed by atoms with Gasteiger partial charge in [-0.3, -0.25) is 9.69 Å². The second kappa shape index (κ2) is 7.95. The number of carbonyl (C=O) groups is 1. The van der Waals surface area contributed by atoms with Crippen LogP contribution >= 0.6 is 0 Å². The van der Waals surface area contributed by atoms with Crippen LogP contribution in [-0.2, 0) is 4.79 Å². The molecule has 0 radical (unpaired) electrons. The highest BCUT2D eigenvalue weighted by molar-refractivity contribution is 5.79. The molecule has 1 aromatic carbocycles. The Balaban J connectivity index is 1.32. The molecule has 26 heavy (non-hydrogen) atoms. The lowest BCUT2D eigenvalue weighted by Gasteiger charge is -2.44. The van der Waals surface area contributed by atoms with Crippen molar-refractivity contribution in [2.75, 3.05) is 44.2 Å². The fourth-order valence-corrected chi connectivity index (χ4v) is 4.92. The zero-order valence-electron chi connectivity index (χ0n) is 15.6. The van der Waals surface area contributed by atoms with Gasteiger partial charge in [0.1, 0.15) is 5.82 Å². The fraction of sp³-hybridized carbons (Fsp3) is 0.667. The van der Waals surface area contributed by atoms with Crippen molar-refractivity contribution in [2.45, 2.75) is 44.6 Å². The molecule has 4 nitrogen and oxygen atoms in total. The molecule has 0 N–H and O–H groups in total. The number of carbonyl (C=O) groups excluding carboxylic acids is 1. The van der Waals surface area contributed by atoms with E-state index in [4.69, 9.17) is 0 Å². The first kappa shape index (κ1) is 17.8. The van der Waals surface area contributed by atoms with Crippen molar-refractivity contribution in [1.29, 1.82) is 0 Å². The summed E-state index contributed by atoms with van der Waals surface area (Å²) in [5.74, 6) is 0.552. The molecule has 2 aliphatic heterocycles. The number of rotatable bonds is 3. The second-order valence-corrected chi connectivity index (χ2v) is 8.04. The molecule has 1 aromatic rings. The Labute approximate surface area is 155 Å². The molecule has 142 valence electrons. The third-order valence-corrected chi connectivity index (χ3v) is 6.44. The average molecular weight is 359 g/mol. The maximum Gasteiger partial charge on any atom is 0.225 e. The summed E-state index contributed by atoms with van der Waals surface area (Å²) in [4.78, 5) is 19.6. The van der Waals surface area contributed by atoms with Gasteiger partial charge >= 0.3 is 0 Å². The minimum absolute atomic E-state index is 0.132. The Bertz CT molecular complexity index is 623. The first-order valence-corrected chi connectivity index (χ1v) is 10.2. The van der Waals surface area contributed by atoms with E-state index in [1.165, 1.54) is 25.3 Å². The number of hydrogen-bond donors (Lipinski definition) is 0. The standard InChI is InChI=1S/C21H30FN3O/c22-19-9-3-4-10-20(19)24-14-12-23(13-15-24)18-8-5-11-25(16-18)21(26)17-6-1-2-7-17/h3-4,9-10,17-18H,1-2,5-8,11-16H2. The third-order valence-electron chi connectivity index (χ3n) is 6.44. The molecule has 0 bridgehead atoms. The van der Waals surface area contributed by atoms with Gasteiger partial charge in [-0.05, 0) is 37.8 Å². The van der Waals surface area contributed by atoms with Crippen LogP contribution in [0.2, 0.25) is 0 Å². The summed E-state index contributed by atoms with van der Waals surface area (Å²) >= 11 is 0. The molecule has 2 saturated heterocycles. The molecule has 1 aliphatic carbocycles. The van der Waals surface area contributed by atoms with Gasteiger partial charge in [-0.2, -0.15) is 0 Å². The number of nitrogens with zero attached hydrogens (tertiary/aromatic N) is 3. The number of anilines is 1. The van der Waals surface area contributed by atoms with E-state index in [2.05, 4.69) is 14.7 Å². The maximum absolute atomic E-state index is 14.0. The van der Waals surface area contributed by atoms with E-state index in [1.807, 2.05) is 12.1 Å². The smallest absolute Gasteiger partial charge is 0.225 e. The molecule has 2 heterocycles. The Morgan fingerprint density at radius 1 is 0.923 bits per heavy atom. The minimum atomic E-state index is -0.132. The topological polar surface area (TPSA) is 26.8 Å². The van der Waals surface area contributed by atoms with Gasteiger partial charge in [-0.15, -0.1) is 0 Å². The van der Waals surface area contributed by atoms with Gasteiger partial charge in [-0.1, -0.05) is 25.0 Å². The highest BCUT2D eigenvalue weighted by Crippen LogP contribution is 2.29. The highest BCUT2D eigenvalue weighted by Gasteiger charge is 2.33. The predicted octanol–water partition coefficient (Wildman–Crippen LogP) is 3.13. The maximum atomic E-state index is 14.0. The van der Waals surface area contributed by atoms with E-state index in [-0.39, 0.29) is 11.7 Å². The Kier molecular flexibility index (Phi) is 5.44. The summed E-state index contributed by atoms with van der Waals surface area (Å²) in [7, 11) is 0. The molecule has 1 unspecified atom stereocenters. The second-order valence-electron chi connectivity index (χ2n) is 8.04. The van der Waals surface area contributed by atoms with Crippen molar-refractivity contribution in [2.24, 2.45) is 5.92 Å². The van der Waals surface area contributed by atoms with Crippen LogP contribution in [0.1, 0.15) is 38.5 Å². The molecule has 1 atom stereocenters. The SMILES string of the molecule is O=C(C1CCCC1)N1CCCC(N2CCN(c3ccccc3F)CC2)C1. The number of para-hydroxylation sites is 1. The van der Waals surface area contributed by atoms with Gasteiger partial charge in [-0.25, -0.2) is 4.39 Å². The molecule has 1 saturated carbocycles.